The zero-order valence-corrected chi connectivity index (χ0v) is 24.1. The molecule has 0 radical (unpaired) electrons. The molecule has 0 aliphatic carbocycles. The van der Waals surface area contributed by atoms with Crippen molar-refractivity contribution in [1.82, 2.24) is 15.1 Å². The number of hydrogen-bond acceptors (Lipinski definition) is 5. The van der Waals surface area contributed by atoms with Crippen LogP contribution in [-0.2, 0) is 17.8 Å². The highest BCUT2D eigenvalue weighted by Gasteiger charge is 2.31. The molecule has 8 nitrogen and oxygen atoms in total. The van der Waals surface area contributed by atoms with Crippen LogP contribution >= 0.6 is 23.2 Å². The maximum absolute atomic E-state index is 13.4. The van der Waals surface area contributed by atoms with Gasteiger partial charge < -0.3 is 25.4 Å². The van der Waals surface area contributed by atoms with Crippen molar-refractivity contribution in [3.05, 3.63) is 57.6 Å². The Hall–Kier alpha value is -2.52. The smallest absolute Gasteiger partial charge is 0.319 e. The fraction of sp³-hybridized carbons (Fsp3) is 0.500. The van der Waals surface area contributed by atoms with Crippen molar-refractivity contribution in [2.45, 2.75) is 58.8 Å². The molecule has 3 rings (SSSR count). The number of urea groups is 1. The molecule has 0 saturated carbocycles. The van der Waals surface area contributed by atoms with Crippen LogP contribution in [0, 0.1) is 5.92 Å². The predicted molar refractivity (Wildman–Crippen MR) is 152 cm³/mol. The third-order valence-electron chi connectivity index (χ3n) is 6.52. The molecule has 0 aromatic heterocycles. The number of rotatable bonds is 8. The Morgan fingerprint density at radius 1 is 1.18 bits per heavy atom. The lowest BCUT2D eigenvalue weighted by Crippen LogP contribution is -2.47. The van der Waals surface area contributed by atoms with Crippen molar-refractivity contribution >= 4 is 40.8 Å². The van der Waals surface area contributed by atoms with Crippen molar-refractivity contribution in [3.63, 3.8) is 0 Å². The summed E-state index contributed by atoms with van der Waals surface area (Å²) in [5.74, 6) is 0.480. The Bertz CT molecular complexity index is 1130. The molecule has 2 aromatic carbocycles. The van der Waals surface area contributed by atoms with Crippen molar-refractivity contribution in [2.24, 2.45) is 5.92 Å². The number of hydrogen-bond donors (Lipinski definition) is 3. The van der Waals surface area contributed by atoms with E-state index in [1.54, 1.807) is 29.2 Å². The van der Waals surface area contributed by atoms with Gasteiger partial charge in [-0.25, -0.2) is 4.79 Å². The zero-order chi connectivity index (χ0) is 28.0. The molecule has 0 spiro atoms. The molecule has 1 aliphatic heterocycles. The Morgan fingerprint density at radius 3 is 2.58 bits per heavy atom. The summed E-state index contributed by atoms with van der Waals surface area (Å²) in [5, 5.41) is 16.5. The molecule has 38 heavy (non-hydrogen) atoms. The quantitative estimate of drug-likeness (QED) is 0.428. The minimum Gasteiger partial charge on any atom is -0.488 e. The first kappa shape index (κ1) is 30.0. The zero-order valence-electron chi connectivity index (χ0n) is 22.6. The Balaban J connectivity index is 1.87. The normalized spacial score (nSPS) is 18.8. The number of carbonyl (C=O) groups excluding carboxylic acids is 2. The SMILES string of the molecule is CC(C)NC(=O)Nc1ccc2c(c1)CC(=O)N([C@@H](C)CO)C[C@@H](C)[C@@H](CN(C)Cc1ccc(Cl)c(Cl)c1)O2. The van der Waals surface area contributed by atoms with Crippen LogP contribution in [-0.4, -0.2) is 71.8 Å². The molecule has 0 fully saturated rings. The summed E-state index contributed by atoms with van der Waals surface area (Å²) >= 11 is 12.3. The molecule has 1 heterocycles. The largest absolute Gasteiger partial charge is 0.488 e. The summed E-state index contributed by atoms with van der Waals surface area (Å²) in [5.41, 5.74) is 2.28. The molecular formula is C28H38Cl2N4O4. The fourth-order valence-electron chi connectivity index (χ4n) is 4.48. The van der Waals surface area contributed by atoms with Gasteiger partial charge in [0.15, 0.2) is 0 Å². The van der Waals surface area contributed by atoms with Gasteiger partial charge in [0.05, 0.1) is 29.1 Å². The summed E-state index contributed by atoms with van der Waals surface area (Å²) in [4.78, 5) is 29.5. The van der Waals surface area contributed by atoms with Crippen LogP contribution in [0.2, 0.25) is 10.0 Å². The van der Waals surface area contributed by atoms with Gasteiger partial charge in [0.25, 0.3) is 0 Å². The second-order valence-electron chi connectivity index (χ2n) is 10.4. The van der Waals surface area contributed by atoms with Gasteiger partial charge in [-0.05, 0) is 63.7 Å². The summed E-state index contributed by atoms with van der Waals surface area (Å²) in [7, 11) is 2.01. The van der Waals surface area contributed by atoms with Gasteiger partial charge >= 0.3 is 6.03 Å². The van der Waals surface area contributed by atoms with Gasteiger partial charge in [-0.1, -0.05) is 36.2 Å². The number of aliphatic hydroxyl groups excluding tert-OH is 1. The molecule has 1 aliphatic rings. The number of fused-ring (bicyclic) bond motifs is 1. The lowest BCUT2D eigenvalue weighted by molar-refractivity contribution is -0.134. The van der Waals surface area contributed by atoms with Crippen molar-refractivity contribution in [2.75, 3.05) is 32.1 Å². The van der Waals surface area contributed by atoms with Gasteiger partial charge in [0.2, 0.25) is 5.91 Å². The molecular weight excluding hydrogens is 527 g/mol. The second kappa shape index (κ2) is 13.5. The highest BCUT2D eigenvalue weighted by molar-refractivity contribution is 6.42. The van der Waals surface area contributed by atoms with Crippen LogP contribution in [0.1, 0.15) is 38.8 Å². The molecule has 3 amide bonds. The Labute approximate surface area is 235 Å². The van der Waals surface area contributed by atoms with E-state index in [0.29, 0.717) is 46.7 Å². The number of benzene rings is 2. The van der Waals surface area contributed by atoms with E-state index in [9.17, 15) is 14.7 Å². The number of ether oxygens (including phenoxy) is 1. The van der Waals surface area contributed by atoms with Gasteiger partial charge in [-0.15, -0.1) is 0 Å². The number of amides is 3. The van der Waals surface area contributed by atoms with Crippen LogP contribution < -0.4 is 15.4 Å². The van der Waals surface area contributed by atoms with Crippen LogP contribution in [0.3, 0.4) is 0 Å². The van der Waals surface area contributed by atoms with Crippen LogP contribution in [0.25, 0.3) is 0 Å². The van der Waals surface area contributed by atoms with Gasteiger partial charge in [-0.3, -0.25) is 9.69 Å². The molecule has 0 bridgehead atoms. The van der Waals surface area contributed by atoms with E-state index < -0.39 is 0 Å². The Morgan fingerprint density at radius 2 is 1.92 bits per heavy atom. The van der Waals surface area contributed by atoms with Gasteiger partial charge in [0, 0.05) is 42.8 Å². The molecule has 2 aromatic rings. The lowest BCUT2D eigenvalue weighted by Gasteiger charge is -2.34. The number of halogens is 2. The summed E-state index contributed by atoms with van der Waals surface area (Å²) < 4.78 is 6.56. The molecule has 208 valence electrons. The van der Waals surface area contributed by atoms with Crippen molar-refractivity contribution in [3.8, 4) is 5.75 Å². The molecule has 3 N–H and O–H groups in total. The minimum atomic E-state index is -0.334. The fourth-order valence-corrected chi connectivity index (χ4v) is 4.80. The van der Waals surface area contributed by atoms with Crippen molar-refractivity contribution in [1.29, 1.82) is 0 Å². The second-order valence-corrected chi connectivity index (χ2v) is 11.2. The third-order valence-corrected chi connectivity index (χ3v) is 7.26. The van der Waals surface area contributed by atoms with E-state index in [4.69, 9.17) is 27.9 Å². The number of nitrogens with one attached hydrogen (secondary N) is 2. The predicted octanol–water partition coefficient (Wildman–Crippen LogP) is 4.80. The average molecular weight is 566 g/mol. The van der Waals surface area contributed by atoms with Crippen LogP contribution in [0.5, 0.6) is 5.75 Å². The first-order valence-electron chi connectivity index (χ1n) is 12.9. The average Bonchev–Trinajstić information content (AvgIpc) is 2.88. The number of likely N-dealkylation sites (N-methyl/N-ethyl adjacent to an activating group) is 1. The number of carbonyl (C=O) groups is 2. The maximum Gasteiger partial charge on any atom is 0.319 e. The van der Waals surface area contributed by atoms with Gasteiger partial charge in [0.1, 0.15) is 11.9 Å². The van der Waals surface area contributed by atoms with Crippen molar-refractivity contribution < 1.29 is 19.4 Å². The van der Waals surface area contributed by atoms with E-state index in [0.717, 1.165) is 5.56 Å². The Kier molecular flexibility index (Phi) is 10.7. The highest BCUT2D eigenvalue weighted by Crippen LogP contribution is 2.30. The van der Waals surface area contributed by atoms with E-state index in [1.165, 1.54) is 0 Å². The molecule has 0 unspecified atom stereocenters. The maximum atomic E-state index is 13.4. The standard InChI is InChI=1S/C28H38Cl2N4O4/c1-17(2)31-28(37)32-22-7-9-25-21(11-22)12-27(36)34(19(4)16-35)13-18(3)26(38-25)15-33(5)14-20-6-8-23(29)24(30)10-20/h6-11,17-19,26,35H,12-16H2,1-5H3,(H2,31,32,37)/t18-,19+,26-/m1/s1. The first-order chi connectivity index (χ1) is 18.0. The number of aliphatic hydroxyl groups is 1. The van der Waals surface area contributed by atoms with E-state index in [1.807, 2.05) is 40.0 Å². The van der Waals surface area contributed by atoms with E-state index in [-0.39, 0.29) is 49.1 Å². The first-order valence-corrected chi connectivity index (χ1v) is 13.6. The third kappa shape index (κ3) is 8.24. The number of anilines is 1. The van der Waals surface area contributed by atoms with Crippen LogP contribution in [0.4, 0.5) is 10.5 Å². The summed E-state index contributed by atoms with van der Waals surface area (Å²) in [6.07, 6.45) is -0.150. The summed E-state index contributed by atoms with van der Waals surface area (Å²) in [6.45, 7) is 9.20. The molecule has 10 heteroatoms. The van der Waals surface area contributed by atoms with Crippen LogP contribution in [0.15, 0.2) is 36.4 Å². The topological polar surface area (TPSA) is 94.1 Å². The van der Waals surface area contributed by atoms with E-state index >= 15 is 0 Å². The number of nitrogens with zero attached hydrogens (tertiary/aromatic N) is 2. The molecule has 3 atom stereocenters. The summed E-state index contributed by atoms with van der Waals surface area (Å²) in [6, 6.07) is 10.3. The lowest BCUT2D eigenvalue weighted by atomic mass is 10.0. The minimum absolute atomic E-state index is 0.00979. The van der Waals surface area contributed by atoms with Gasteiger partial charge in [-0.2, -0.15) is 0 Å². The highest BCUT2D eigenvalue weighted by atomic mass is 35.5. The molecule has 0 saturated heterocycles. The monoisotopic (exact) mass is 564 g/mol. The van der Waals surface area contributed by atoms with E-state index in [2.05, 4.69) is 22.5 Å².